The molecule has 1 heterocycles. The van der Waals surface area contributed by atoms with E-state index >= 15 is 0 Å². The zero-order chi connectivity index (χ0) is 33.5. The van der Waals surface area contributed by atoms with E-state index in [0.717, 1.165) is 12.1 Å². The number of aliphatic hydroxyl groups is 1. The first-order valence-corrected chi connectivity index (χ1v) is 15.5. The number of amides is 1. The van der Waals surface area contributed by atoms with Crippen molar-refractivity contribution in [2.24, 2.45) is 4.99 Å². The lowest BCUT2D eigenvalue weighted by Crippen LogP contribution is -2.48. The normalized spacial score (nSPS) is 18.0. The molecule has 0 fully saturated rings. The first-order valence-electron chi connectivity index (χ1n) is 14.7. The minimum absolute atomic E-state index is 0.00543. The van der Waals surface area contributed by atoms with Gasteiger partial charge in [-0.2, -0.15) is 13.2 Å². The summed E-state index contributed by atoms with van der Waals surface area (Å²) in [6, 6.07) is 18.6. The maximum atomic E-state index is 14.3. The molecule has 0 aromatic heterocycles. The number of nitrogens with zero attached hydrogens (tertiary/aromatic N) is 1. The fraction of sp³-hybridized carbons (Fsp3) is 0.382. The van der Waals surface area contributed by atoms with Crippen molar-refractivity contribution in [1.82, 2.24) is 5.32 Å². The standard InChI is InChI=1S/C34H36BrF3N2O6/c1-32(2,3)46-28(42)17-18-33(31(43)39-21-22-9-13-24(14-10-22)34(36,37)38)29(26-7-4-5-8-27(26)35)45-30(40-33)23-11-15-25(16-12-23)44-20-6-19-41/h4-5,7-16,29,41H,6,17-21H2,1-3H3,(H,39,43)/t29-,33-/m1/s1. The van der Waals surface area contributed by atoms with Crippen LogP contribution in [-0.4, -0.2) is 47.2 Å². The molecule has 0 unspecified atom stereocenters. The van der Waals surface area contributed by atoms with E-state index in [1.165, 1.54) is 12.1 Å². The fourth-order valence-corrected chi connectivity index (χ4v) is 5.36. The van der Waals surface area contributed by atoms with E-state index in [0.29, 0.717) is 39.9 Å². The number of carbonyl (C=O) groups is 2. The van der Waals surface area contributed by atoms with Crippen LogP contribution < -0.4 is 10.1 Å². The molecule has 0 radical (unpaired) electrons. The summed E-state index contributed by atoms with van der Waals surface area (Å²) < 4.78 is 57.5. The fourth-order valence-electron chi connectivity index (χ4n) is 4.87. The van der Waals surface area contributed by atoms with Gasteiger partial charge in [0.25, 0.3) is 5.91 Å². The van der Waals surface area contributed by atoms with Gasteiger partial charge in [0.2, 0.25) is 5.90 Å². The van der Waals surface area contributed by atoms with E-state index in [1.807, 2.05) is 6.07 Å². The number of rotatable bonds is 12. The molecule has 3 aromatic carbocycles. The number of ether oxygens (including phenoxy) is 3. The van der Waals surface area contributed by atoms with Gasteiger partial charge in [-0.25, -0.2) is 4.99 Å². The van der Waals surface area contributed by atoms with Gasteiger partial charge in [0.15, 0.2) is 11.6 Å². The lowest BCUT2D eigenvalue weighted by Gasteiger charge is -2.31. The number of hydrogen-bond donors (Lipinski definition) is 2. The Morgan fingerprint density at radius 2 is 1.70 bits per heavy atom. The summed E-state index contributed by atoms with van der Waals surface area (Å²) in [5, 5.41) is 11.8. The number of benzene rings is 3. The number of aliphatic hydroxyl groups excluding tert-OH is 1. The van der Waals surface area contributed by atoms with E-state index < -0.39 is 40.9 Å². The van der Waals surface area contributed by atoms with Crippen molar-refractivity contribution in [3.63, 3.8) is 0 Å². The topological polar surface area (TPSA) is 106 Å². The number of esters is 1. The molecule has 0 bridgehead atoms. The Bertz CT molecular complexity index is 1540. The Labute approximate surface area is 274 Å². The summed E-state index contributed by atoms with van der Waals surface area (Å²) in [5.74, 6) is -0.364. The van der Waals surface area contributed by atoms with Crippen LogP contribution in [0.5, 0.6) is 5.75 Å². The highest BCUT2D eigenvalue weighted by Gasteiger charge is 2.53. The summed E-state index contributed by atoms with van der Waals surface area (Å²) in [7, 11) is 0. The highest BCUT2D eigenvalue weighted by molar-refractivity contribution is 9.10. The predicted molar refractivity (Wildman–Crippen MR) is 169 cm³/mol. The Balaban J connectivity index is 1.71. The van der Waals surface area contributed by atoms with Crippen molar-refractivity contribution in [3.8, 4) is 5.75 Å². The van der Waals surface area contributed by atoms with Gasteiger partial charge in [-0.05, 0) is 75.2 Å². The second kappa shape index (κ2) is 14.7. The first-order chi connectivity index (χ1) is 21.7. The van der Waals surface area contributed by atoms with Gasteiger partial charge < -0.3 is 24.6 Å². The SMILES string of the molecule is CC(C)(C)OC(=O)CC[C@@]1(C(=O)NCc2ccc(C(F)(F)F)cc2)N=C(c2ccc(OCCCO)cc2)O[C@@H]1c1ccccc1Br. The number of hydrogen-bond acceptors (Lipinski definition) is 7. The summed E-state index contributed by atoms with van der Waals surface area (Å²) in [6.07, 6.45) is -5.23. The first kappa shape index (κ1) is 35.0. The van der Waals surface area contributed by atoms with E-state index in [2.05, 4.69) is 21.2 Å². The number of aliphatic imine (C=N–C) groups is 1. The Kier molecular flexibility index (Phi) is 11.2. The van der Waals surface area contributed by atoms with Crippen molar-refractivity contribution in [1.29, 1.82) is 0 Å². The van der Waals surface area contributed by atoms with Crippen molar-refractivity contribution in [3.05, 3.63) is 99.5 Å². The minimum Gasteiger partial charge on any atom is -0.494 e. The maximum Gasteiger partial charge on any atom is 0.416 e. The smallest absolute Gasteiger partial charge is 0.416 e. The van der Waals surface area contributed by atoms with Crippen LogP contribution in [0.1, 0.15) is 68.4 Å². The molecule has 0 saturated heterocycles. The van der Waals surface area contributed by atoms with Crippen LogP contribution >= 0.6 is 15.9 Å². The monoisotopic (exact) mass is 704 g/mol. The van der Waals surface area contributed by atoms with Crippen molar-refractivity contribution in [2.75, 3.05) is 13.2 Å². The molecule has 0 saturated carbocycles. The van der Waals surface area contributed by atoms with E-state index in [-0.39, 0.29) is 31.9 Å². The molecule has 1 aliphatic rings. The van der Waals surface area contributed by atoms with Gasteiger partial charge in [0.1, 0.15) is 11.4 Å². The third-order valence-corrected chi connectivity index (χ3v) is 7.80. The van der Waals surface area contributed by atoms with E-state index in [1.54, 1.807) is 63.2 Å². The summed E-state index contributed by atoms with van der Waals surface area (Å²) in [4.78, 5) is 32.0. The Hall–Kier alpha value is -3.90. The van der Waals surface area contributed by atoms with Crippen molar-refractivity contribution >= 4 is 33.7 Å². The van der Waals surface area contributed by atoms with Gasteiger partial charge in [-0.3, -0.25) is 9.59 Å². The van der Waals surface area contributed by atoms with Gasteiger partial charge in [0.05, 0.1) is 12.2 Å². The highest BCUT2D eigenvalue weighted by Crippen LogP contribution is 2.45. The van der Waals surface area contributed by atoms with Crippen LogP contribution in [0.15, 0.2) is 82.3 Å². The second-order valence-corrected chi connectivity index (χ2v) is 12.6. The van der Waals surface area contributed by atoms with Crippen LogP contribution in [-0.2, 0) is 31.8 Å². The summed E-state index contributed by atoms with van der Waals surface area (Å²) in [5.41, 5.74) is -1.59. The van der Waals surface area contributed by atoms with Gasteiger partial charge >= 0.3 is 12.1 Å². The molecule has 246 valence electrons. The Morgan fingerprint density at radius 1 is 1.02 bits per heavy atom. The molecule has 0 spiro atoms. The molecule has 12 heteroatoms. The molecule has 0 aliphatic carbocycles. The molecule has 3 aromatic rings. The lowest BCUT2D eigenvalue weighted by atomic mass is 9.83. The minimum atomic E-state index is -4.49. The number of carbonyl (C=O) groups excluding carboxylic acids is 2. The zero-order valence-corrected chi connectivity index (χ0v) is 27.3. The van der Waals surface area contributed by atoms with Gasteiger partial charge in [-0.1, -0.05) is 46.3 Å². The molecule has 4 rings (SSSR count). The quantitative estimate of drug-likeness (QED) is 0.157. The molecule has 2 N–H and O–H groups in total. The molecular formula is C34H36BrF3N2O6. The number of halogens is 4. The predicted octanol–water partition coefficient (Wildman–Crippen LogP) is 6.92. The van der Waals surface area contributed by atoms with Crippen LogP contribution in [0, 0.1) is 0 Å². The molecule has 8 nitrogen and oxygen atoms in total. The van der Waals surface area contributed by atoms with E-state index in [4.69, 9.17) is 24.3 Å². The van der Waals surface area contributed by atoms with Gasteiger partial charge in [-0.15, -0.1) is 0 Å². The van der Waals surface area contributed by atoms with Crippen molar-refractivity contribution < 1.29 is 42.1 Å². The van der Waals surface area contributed by atoms with Crippen LogP contribution in [0.4, 0.5) is 13.2 Å². The lowest BCUT2D eigenvalue weighted by molar-refractivity contribution is -0.155. The average molecular weight is 706 g/mol. The molecular weight excluding hydrogens is 669 g/mol. The largest absolute Gasteiger partial charge is 0.494 e. The maximum absolute atomic E-state index is 14.3. The molecule has 2 atom stereocenters. The van der Waals surface area contributed by atoms with Crippen LogP contribution in [0.2, 0.25) is 0 Å². The summed E-state index contributed by atoms with van der Waals surface area (Å²) in [6.45, 7) is 5.49. The van der Waals surface area contributed by atoms with Gasteiger partial charge in [0, 0.05) is 41.6 Å². The third-order valence-electron chi connectivity index (χ3n) is 7.08. The Morgan fingerprint density at radius 3 is 2.30 bits per heavy atom. The molecule has 46 heavy (non-hydrogen) atoms. The number of alkyl halides is 3. The second-order valence-electron chi connectivity index (χ2n) is 11.8. The zero-order valence-electron chi connectivity index (χ0n) is 25.7. The summed E-state index contributed by atoms with van der Waals surface area (Å²) >= 11 is 3.56. The third kappa shape index (κ3) is 8.88. The van der Waals surface area contributed by atoms with Crippen molar-refractivity contribution in [2.45, 2.75) is 70.0 Å². The molecule has 1 amide bonds. The van der Waals surface area contributed by atoms with Crippen LogP contribution in [0.25, 0.3) is 0 Å². The molecule has 1 aliphatic heterocycles. The highest BCUT2D eigenvalue weighted by atomic mass is 79.9. The van der Waals surface area contributed by atoms with E-state index in [9.17, 15) is 22.8 Å². The average Bonchev–Trinajstić information content (AvgIpc) is 3.39. The van der Waals surface area contributed by atoms with Crippen LogP contribution in [0.3, 0.4) is 0 Å². The number of nitrogens with one attached hydrogen (secondary N) is 1.